The first-order valence-corrected chi connectivity index (χ1v) is 10.0. The van der Waals surface area contributed by atoms with Crippen molar-refractivity contribution in [2.45, 2.75) is 13.8 Å². The number of nitrogens with one attached hydrogen (secondary N) is 2. The zero-order valence-electron chi connectivity index (χ0n) is 16.1. The Balaban J connectivity index is 1.76. The number of benzene rings is 2. The number of amides is 2. The fourth-order valence-corrected chi connectivity index (χ4v) is 3.62. The number of anilines is 1. The third-order valence-corrected chi connectivity index (χ3v) is 5.18. The minimum absolute atomic E-state index is 0.0303. The van der Waals surface area contributed by atoms with E-state index in [1.54, 1.807) is 24.3 Å². The molecular weight excluding hydrogens is 472 g/mol. The Bertz CT molecular complexity index is 1160. The summed E-state index contributed by atoms with van der Waals surface area (Å²) < 4.78 is 2.75. The molecule has 0 fully saturated rings. The molecule has 0 aliphatic carbocycles. The van der Waals surface area contributed by atoms with Crippen molar-refractivity contribution in [1.29, 1.82) is 0 Å². The van der Waals surface area contributed by atoms with E-state index in [0.717, 1.165) is 21.4 Å². The van der Waals surface area contributed by atoms with Gasteiger partial charge in [0, 0.05) is 32.8 Å². The molecule has 0 unspecified atom stereocenters. The van der Waals surface area contributed by atoms with E-state index in [-0.39, 0.29) is 10.6 Å². The quantitative estimate of drug-likeness (QED) is 0.332. The highest BCUT2D eigenvalue weighted by Crippen LogP contribution is 2.24. The third-order valence-electron chi connectivity index (χ3n) is 4.36. The number of aryl methyl sites for hydroxylation is 1. The molecule has 9 heteroatoms. The summed E-state index contributed by atoms with van der Waals surface area (Å²) in [5.41, 5.74) is 6.26. The molecule has 0 bridgehead atoms. The molecule has 0 atom stereocenters. The van der Waals surface area contributed by atoms with E-state index in [9.17, 15) is 14.7 Å². The van der Waals surface area contributed by atoms with Crippen LogP contribution in [0.1, 0.15) is 27.3 Å². The summed E-state index contributed by atoms with van der Waals surface area (Å²) in [4.78, 5) is 23.4. The van der Waals surface area contributed by atoms with Crippen molar-refractivity contribution in [1.82, 2.24) is 9.99 Å². The second-order valence-electron chi connectivity index (χ2n) is 6.47. The van der Waals surface area contributed by atoms with Gasteiger partial charge < -0.3 is 15.0 Å². The molecule has 0 saturated carbocycles. The number of carboxylic acid groups (broad SMARTS) is 1. The highest BCUT2D eigenvalue weighted by Gasteiger charge is 2.14. The number of carbonyl (C=O) groups is 2. The van der Waals surface area contributed by atoms with Gasteiger partial charge in [0.2, 0.25) is 0 Å². The SMILES string of the molecule is Cc1cc(/C=N/NC(=O)Nc2cccc(Br)c2)c(C)n1-c1ccc(Cl)c(C(=O)O)c1. The van der Waals surface area contributed by atoms with Crippen molar-refractivity contribution in [3.8, 4) is 5.69 Å². The Kier molecular flexibility index (Phi) is 6.59. The van der Waals surface area contributed by atoms with E-state index >= 15 is 0 Å². The summed E-state index contributed by atoms with van der Waals surface area (Å²) in [6, 6.07) is 13.5. The first kappa shape index (κ1) is 21.6. The van der Waals surface area contributed by atoms with Crippen LogP contribution < -0.4 is 10.7 Å². The molecule has 1 aromatic heterocycles. The van der Waals surface area contributed by atoms with Gasteiger partial charge in [-0.25, -0.2) is 15.0 Å². The zero-order valence-corrected chi connectivity index (χ0v) is 18.5. The number of rotatable bonds is 5. The number of aromatic nitrogens is 1. The number of urea groups is 1. The number of carbonyl (C=O) groups excluding carboxylic acids is 1. The lowest BCUT2D eigenvalue weighted by Crippen LogP contribution is -2.24. The maximum Gasteiger partial charge on any atom is 0.339 e. The maximum absolute atomic E-state index is 12.0. The zero-order chi connectivity index (χ0) is 21.8. The van der Waals surface area contributed by atoms with Gasteiger partial charge in [-0.1, -0.05) is 33.6 Å². The van der Waals surface area contributed by atoms with Crippen molar-refractivity contribution in [2.75, 3.05) is 5.32 Å². The predicted octanol–water partition coefficient (Wildman–Crippen LogP) is 5.36. The number of carboxylic acids is 1. The normalized spacial score (nSPS) is 10.9. The molecular formula is C21H18BrClN4O3. The summed E-state index contributed by atoms with van der Waals surface area (Å²) in [7, 11) is 0. The Hall–Kier alpha value is -3.10. The van der Waals surface area contributed by atoms with Gasteiger partial charge in [-0.05, 0) is 56.3 Å². The minimum Gasteiger partial charge on any atom is -0.478 e. The van der Waals surface area contributed by atoms with Gasteiger partial charge >= 0.3 is 12.0 Å². The highest BCUT2D eigenvalue weighted by molar-refractivity contribution is 9.10. The van der Waals surface area contributed by atoms with Crippen LogP contribution in [-0.4, -0.2) is 27.9 Å². The number of hydrogen-bond acceptors (Lipinski definition) is 3. The Morgan fingerprint density at radius 2 is 1.93 bits per heavy atom. The molecule has 3 N–H and O–H groups in total. The van der Waals surface area contributed by atoms with Crippen LogP contribution in [0.25, 0.3) is 5.69 Å². The summed E-state index contributed by atoms with van der Waals surface area (Å²) in [5, 5.41) is 16.2. The Labute approximate surface area is 186 Å². The van der Waals surface area contributed by atoms with E-state index in [0.29, 0.717) is 11.4 Å². The van der Waals surface area contributed by atoms with Crippen LogP contribution in [0.5, 0.6) is 0 Å². The summed E-state index contributed by atoms with van der Waals surface area (Å²) >= 11 is 9.31. The molecule has 3 rings (SSSR count). The molecule has 0 aliphatic heterocycles. The van der Waals surface area contributed by atoms with Crippen molar-refractivity contribution in [2.24, 2.45) is 5.10 Å². The van der Waals surface area contributed by atoms with E-state index in [4.69, 9.17) is 11.6 Å². The summed E-state index contributed by atoms with van der Waals surface area (Å²) in [6.45, 7) is 3.78. The van der Waals surface area contributed by atoms with E-state index in [1.807, 2.05) is 36.6 Å². The van der Waals surface area contributed by atoms with Gasteiger partial charge in [0.05, 0.1) is 16.8 Å². The van der Waals surface area contributed by atoms with Crippen LogP contribution in [0.2, 0.25) is 5.02 Å². The second-order valence-corrected chi connectivity index (χ2v) is 7.79. The molecule has 2 amide bonds. The lowest BCUT2D eigenvalue weighted by Gasteiger charge is -2.11. The topological polar surface area (TPSA) is 95.7 Å². The standard InChI is InChI=1S/C21H18BrClN4O3/c1-12-8-14(11-24-26-21(30)25-16-5-3-4-15(22)9-16)13(2)27(12)17-6-7-19(23)18(10-17)20(28)29/h3-11H,1-2H3,(H,28,29)(H2,25,26,30)/b24-11+. The number of hydrogen-bond donors (Lipinski definition) is 3. The van der Waals surface area contributed by atoms with Crippen LogP contribution in [0.3, 0.4) is 0 Å². The molecule has 30 heavy (non-hydrogen) atoms. The van der Waals surface area contributed by atoms with Crippen molar-refractivity contribution >= 4 is 51.4 Å². The molecule has 0 aliphatic rings. The van der Waals surface area contributed by atoms with Gasteiger partial charge in [0.1, 0.15) is 0 Å². The molecule has 7 nitrogen and oxygen atoms in total. The van der Waals surface area contributed by atoms with Gasteiger partial charge in [-0.2, -0.15) is 5.10 Å². The summed E-state index contributed by atoms with van der Waals surface area (Å²) in [5.74, 6) is -1.09. The highest BCUT2D eigenvalue weighted by atomic mass is 79.9. The van der Waals surface area contributed by atoms with E-state index < -0.39 is 12.0 Å². The number of nitrogens with zero attached hydrogens (tertiary/aromatic N) is 2. The molecule has 3 aromatic rings. The van der Waals surface area contributed by atoms with Crippen LogP contribution in [0.15, 0.2) is 58.1 Å². The van der Waals surface area contributed by atoms with Crippen LogP contribution in [0.4, 0.5) is 10.5 Å². The Morgan fingerprint density at radius 1 is 1.17 bits per heavy atom. The smallest absolute Gasteiger partial charge is 0.339 e. The third kappa shape index (κ3) is 4.90. The lowest BCUT2D eigenvalue weighted by atomic mass is 10.2. The van der Waals surface area contributed by atoms with Crippen molar-refractivity contribution < 1.29 is 14.7 Å². The van der Waals surface area contributed by atoms with Gasteiger partial charge in [-0.3, -0.25) is 0 Å². The molecule has 0 radical (unpaired) electrons. The molecule has 1 heterocycles. The van der Waals surface area contributed by atoms with E-state index in [1.165, 1.54) is 12.3 Å². The predicted molar refractivity (Wildman–Crippen MR) is 121 cm³/mol. The molecule has 0 spiro atoms. The summed E-state index contributed by atoms with van der Waals surface area (Å²) in [6.07, 6.45) is 1.54. The largest absolute Gasteiger partial charge is 0.478 e. The monoisotopic (exact) mass is 488 g/mol. The maximum atomic E-state index is 12.0. The fourth-order valence-electron chi connectivity index (χ4n) is 3.02. The average molecular weight is 490 g/mol. The minimum atomic E-state index is -1.09. The van der Waals surface area contributed by atoms with Crippen LogP contribution in [0, 0.1) is 13.8 Å². The number of hydrazone groups is 1. The first-order valence-electron chi connectivity index (χ1n) is 8.84. The van der Waals surface area contributed by atoms with Gasteiger partial charge in [-0.15, -0.1) is 0 Å². The molecule has 2 aromatic carbocycles. The van der Waals surface area contributed by atoms with Crippen LogP contribution >= 0.6 is 27.5 Å². The Morgan fingerprint density at radius 3 is 2.63 bits per heavy atom. The number of halogens is 2. The van der Waals surface area contributed by atoms with Crippen molar-refractivity contribution in [3.63, 3.8) is 0 Å². The second kappa shape index (κ2) is 9.15. The fraction of sp³-hybridized carbons (Fsp3) is 0.0952. The average Bonchev–Trinajstić information content (AvgIpc) is 2.95. The van der Waals surface area contributed by atoms with Crippen molar-refractivity contribution in [3.05, 3.63) is 80.5 Å². The molecule has 0 saturated heterocycles. The van der Waals surface area contributed by atoms with Gasteiger partial charge in [0.15, 0.2) is 0 Å². The van der Waals surface area contributed by atoms with Crippen LogP contribution in [-0.2, 0) is 0 Å². The lowest BCUT2D eigenvalue weighted by molar-refractivity contribution is 0.0697. The van der Waals surface area contributed by atoms with E-state index in [2.05, 4.69) is 31.8 Å². The number of aromatic carboxylic acids is 1. The first-order chi connectivity index (χ1) is 14.3. The van der Waals surface area contributed by atoms with Gasteiger partial charge in [0.25, 0.3) is 0 Å². The molecule has 154 valence electrons.